The van der Waals surface area contributed by atoms with E-state index in [1.165, 1.54) is 16.3 Å². The summed E-state index contributed by atoms with van der Waals surface area (Å²) in [7, 11) is 0. The lowest BCUT2D eigenvalue weighted by Gasteiger charge is -2.15. The van der Waals surface area contributed by atoms with Gasteiger partial charge in [-0.15, -0.1) is 0 Å². The third-order valence-electron chi connectivity index (χ3n) is 4.61. The molecule has 0 aliphatic carbocycles. The first kappa shape index (κ1) is 18.9. The summed E-state index contributed by atoms with van der Waals surface area (Å²) in [5, 5.41) is 2.49. The molecule has 0 aliphatic heterocycles. The quantitative estimate of drug-likeness (QED) is 0.558. The average Bonchev–Trinajstić information content (AvgIpc) is 2.68. The van der Waals surface area contributed by atoms with Crippen LogP contribution in [0.2, 0.25) is 0 Å². The molecule has 0 aromatic heterocycles. The molecule has 4 N–H and O–H groups in total. The number of aryl methyl sites for hydroxylation is 1. The Morgan fingerprint density at radius 3 is 2.50 bits per heavy atom. The first-order valence-electron chi connectivity index (χ1n) is 9.01. The first-order valence-corrected chi connectivity index (χ1v) is 9.80. The van der Waals surface area contributed by atoms with Crippen molar-refractivity contribution in [3.8, 4) is 5.75 Å². The molecule has 0 bridgehead atoms. The molecular formula is C22H25BrN2O. The van der Waals surface area contributed by atoms with Gasteiger partial charge < -0.3 is 16.2 Å². The van der Waals surface area contributed by atoms with Gasteiger partial charge in [-0.2, -0.15) is 0 Å². The zero-order valence-corrected chi connectivity index (χ0v) is 16.4. The normalized spacial score (nSPS) is 12.3. The number of nitrogens with two attached hydrogens (primary N) is 2. The van der Waals surface area contributed by atoms with Crippen molar-refractivity contribution in [3.05, 3.63) is 76.3 Å². The minimum absolute atomic E-state index is 0.0668. The molecule has 0 saturated heterocycles. The molecule has 4 heteroatoms. The third kappa shape index (κ3) is 4.85. The van der Waals surface area contributed by atoms with E-state index in [0.717, 1.165) is 35.0 Å². The number of rotatable bonds is 8. The molecule has 26 heavy (non-hydrogen) atoms. The Balaban J connectivity index is 1.80. The molecular weight excluding hydrogens is 388 g/mol. The highest BCUT2D eigenvalue weighted by Crippen LogP contribution is 2.30. The van der Waals surface area contributed by atoms with Gasteiger partial charge >= 0.3 is 0 Å². The lowest BCUT2D eigenvalue weighted by atomic mass is 9.98. The summed E-state index contributed by atoms with van der Waals surface area (Å²) in [5.41, 5.74) is 14.0. The Morgan fingerprint density at radius 1 is 0.962 bits per heavy atom. The van der Waals surface area contributed by atoms with E-state index < -0.39 is 0 Å². The van der Waals surface area contributed by atoms with E-state index in [0.29, 0.717) is 13.2 Å². The van der Waals surface area contributed by atoms with Crippen LogP contribution in [0.25, 0.3) is 10.8 Å². The monoisotopic (exact) mass is 412 g/mol. The molecule has 1 atom stereocenters. The summed E-state index contributed by atoms with van der Waals surface area (Å²) < 4.78 is 7.26. The van der Waals surface area contributed by atoms with Gasteiger partial charge in [-0.3, -0.25) is 0 Å². The Morgan fingerprint density at radius 2 is 1.73 bits per heavy atom. The topological polar surface area (TPSA) is 61.3 Å². The molecule has 0 saturated carbocycles. The largest absolute Gasteiger partial charge is 0.489 e. The number of benzene rings is 3. The van der Waals surface area contributed by atoms with Crippen molar-refractivity contribution < 1.29 is 4.74 Å². The van der Waals surface area contributed by atoms with Crippen LogP contribution in [0.3, 0.4) is 0 Å². The molecule has 3 aromatic rings. The van der Waals surface area contributed by atoms with Crippen molar-refractivity contribution in [3.63, 3.8) is 0 Å². The Hall–Kier alpha value is -1.88. The summed E-state index contributed by atoms with van der Waals surface area (Å²) in [6, 6.07) is 21.0. The summed E-state index contributed by atoms with van der Waals surface area (Å²) in [6.45, 7) is 1.09. The summed E-state index contributed by atoms with van der Waals surface area (Å²) >= 11 is 3.47. The van der Waals surface area contributed by atoms with Crippen LogP contribution in [0.5, 0.6) is 5.75 Å². The zero-order valence-electron chi connectivity index (χ0n) is 14.8. The van der Waals surface area contributed by atoms with Gasteiger partial charge in [0.1, 0.15) is 12.4 Å². The second-order valence-corrected chi connectivity index (χ2v) is 7.48. The highest BCUT2D eigenvalue weighted by atomic mass is 79.9. The van der Waals surface area contributed by atoms with Gasteiger partial charge in [-0.05, 0) is 53.8 Å². The zero-order chi connectivity index (χ0) is 18.4. The Bertz CT molecular complexity index is 848. The summed E-state index contributed by atoms with van der Waals surface area (Å²) in [4.78, 5) is 0. The van der Waals surface area contributed by atoms with E-state index >= 15 is 0 Å². The molecule has 3 aromatic carbocycles. The molecule has 0 radical (unpaired) electrons. The van der Waals surface area contributed by atoms with E-state index in [4.69, 9.17) is 16.2 Å². The van der Waals surface area contributed by atoms with Crippen LogP contribution in [0.1, 0.15) is 24.0 Å². The van der Waals surface area contributed by atoms with Crippen molar-refractivity contribution in [1.29, 1.82) is 0 Å². The molecule has 3 nitrogen and oxygen atoms in total. The number of fused-ring (bicyclic) bond motifs is 1. The fourth-order valence-electron chi connectivity index (χ4n) is 3.11. The van der Waals surface area contributed by atoms with Gasteiger partial charge in [-0.25, -0.2) is 0 Å². The van der Waals surface area contributed by atoms with Crippen LogP contribution in [0.4, 0.5) is 0 Å². The number of hydrogen-bond acceptors (Lipinski definition) is 3. The van der Waals surface area contributed by atoms with Crippen molar-refractivity contribution in [2.45, 2.75) is 31.9 Å². The molecule has 0 aliphatic rings. The molecule has 0 fully saturated rings. The van der Waals surface area contributed by atoms with Gasteiger partial charge in [-0.1, -0.05) is 58.4 Å². The maximum Gasteiger partial charge on any atom is 0.123 e. The van der Waals surface area contributed by atoms with Crippen LogP contribution < -0.4 is 16.2 Å². The number of hydrogen-bond donors (Lipinski definition) is 2. The standard InChI is InChI=1S/C22H25BrN2O/c23-18-11-8-16(9-12-18)15-26-22-13-10-17-4-1-2-6-20(17)21(22)7-3-5-19(25)14-24/h1-2,4,6,8-13,19H,3,5,7,14-15,24-25H2. The van der Waals surface area contributed by atoms with Crippen LogP contribution in [0, 0.1) is 0 Å². The van der Waals surface area contributed by atoms with E-state index in [1.54, 1.807) is 0 Å². The molecule has 0 amide bonds. The lowest BCUT2D eigenvalue weighted by molar-refractivity contribution is 0.303. The fraction of sp³-hybridized carbons (Fsp3) is 0.273. The fourth-order valence-corrected chi connectivity index (χ4v) is 3.37. The van der Waals surface area contributed by atoms with E-state index in [9.17, 15) is 0 Å². The Labute approximate surface area is 163 Å². The van der Waals surface area contributed by atoms with Crippen LogP contribution in [-0.2, 0) is 13.0 Å². The highest BCUT2D eigenvalue weighted by Gasteiger charge is 2.10. The van der Waals surface area contributed by atoms with Gasteiger partial charge in [0, 0.05) is 22.6 Å². The first-order chi connectivity index (χ1) is 12.7. The van der Waals surface area contributed by atoms with Crippen LogP contribution >= 0.6 is 15.9 Å². The van der Waals surface area contributed by atoms with Gasteiger partial charge in [0.05, 0.1) is 0 Å². The SMILES string of the molecule is NCC(N)CCCc1c(OCc2ccc(Br)cc2)ccc2ccccc12. The predicted octanol–water partition coefficient (Wildman–Crippen LogP) is 4.79. The maximum absolute atomic E-state index is 6.18. The van der Waals surface area contributed by atoms with E-state index in [2.05, 4.69) is 64.5 Å². The average molecular weight is 413 g/mol. The number of halogens is 1. The van der Waals surface area contributed by atoms with E-state index in [-0.39, 0.29) is 6.04 Å². The number of ether oxygens (including phenoxy) is 1. The molecule has 1 unspecified atom stereocenters. The summed E-state index contributed by atoms with van der Waals surface area (Å²) in [5.74, 6) is 0.952. The molecule has 136 valence electrons. The second kappa shape index (κ2) is 9.17. The van der Waals surface area contributed by atoms with Crippen molar-refractivity contribution in [2.24, 2.45) is 11.5 Å². The molecule has 0 heterocycles. The summed E-state index contributed by atoms with van der Waals surface area (Å²) in [6.07, 6.45) is 2.86. The van der Waals surface area contributed by atoms with Crippen LogP contribution in [0.15, 0.2) is 65.1 Å². The highest BCUT2D eigenvalue weighted by molar-refractivity contribution is 9.10. The maximum atomic E-state index is 6.18. The minimum Gasteiger partial charge on any atom is -0.489 e. The van der Waals surface area contributed by atoms with Gasteiger partial charge in [0.2, 0.25) is 0 Å². The Kier molecular flexibility index (Phi) is 6.67. The molecule has 0 spiro atoms. The van der Waals surface area contributed by atoms with Gasteiger partial charge in [0.15, 0.2) is 0 Å². The lowest BCUT2D eigenvalue weighted by Crippen LogP contribution is -2.29. The predicted molar refractivity (Wildman–Crippen MR) is 112 cm³/mol. The minimum atomic E-state index is 0.0668. The van der Waals surface area contributed by atoms with Crippen molar-refractivity contribution >= 4 is 26.7 Å². The van der Waals surface area contributed by atoms with Crippen LogP contribution in [-0.4, -0.2) is 12.6 Å². The van der Waals surface area contributed by atoms with Crippen molar-refractivity contribution in [1.82, 2.24) is 0 Å². The van der Waals surface area contributed by atoms with Gasteiger partial charge in [0.25, 0.3) is 0 Å². The third-order valence-corrected chi connectivity index (χ3v) is 5.14. The van der Waals surface area contributed by atoms with Crippen molar-refractivity contribution in [2.75, 3.05) is 6.54 Å². The smallest absolute Gasteiger partial charge is 0.123 e. The van der Waals surface area contributed by atoms with E-state index in [1.807, 2.05) is 12.1 Å². The molecule has 3 rings (SSSR count). The second-order valence-electron chi connectivity index (χ2n) is 6.57.